The van der Waals surface area contributed by atoms with Crippen LogP contribution < -0.4 is 9.47 Å². The minimum Gasteiger partial charge on any atom is -0.493 e. The van der Waals surface area contributed by atoms with E-state index in [-0.39, 0.29) is 17.2 Å². The van der Waals surface area contributed by atoms with Crippen LogP contribution >= 0.6 is 0 Å². The third-order valence-corrected chi connectivity index (χ3v) is 4.84. The highest BCUT2D eigenvalue weighted by Crippen LogP contribution is 2.33. The van der Waals surface area contributed by atoms with Crippen LogP contribution in [-0.2, 0) is 9.53 Å². The maximum absolute atomic E-state index is 13.1. The molecule has 0 N–H and O–H groups in total. The fraction of sp³-hybridized carbons (Fsp3) is 0.364. The lowest BCUT2D eigenvalue weighted by Gasteiger charge is -2.30. The zero-order valence-electron chi connectivity index (χ0n) is 16.2. The monoisotopic (exact) mass is 383 g/mol. The van der Waals surface area contributed by atoms with Crippen molar-refractivity contribution in [2.75, 3.05) is 27.3 Å². The number of ether oxygens (including phenoxy) is 3. The number of hydrogen-bond acceptors (Lipinski definition) is 5. The zero-order valence-corrected chi connectivity index (χ0v) is 16.2. The summed E-state index contributed by atoms with van der Waals surface area (Å²) in [6, 6.07) is 14.1. The van der Waals surface area contributed by atoms with Gasteiger partial charge in [0.1, 0.15) is 5.56 Å². The summed E-state index contributed by atoms with van der Waals surface area (Å²) in [5, 5.41) is 0. The van der Waals surface area contributed by atoms with Crippen LogP contribution in [0.25, 0.3) is 0 Å². The van der Waals surface area contributed by atoms with Crippen molar-refractivity contribution in [1.82, 2.24) is 4.90 Å². The molecule has 1 atom stereocenters. The molecule has 28 heavy (non-hydrogen) atoms. The third kappa shape index (κ3) is 4.27. The lowest BCUT2D eigenvalue weighted by Crippen LogP contribution is -2.40. The topological polar surface area (TPSA) is 65.1 Å². The van der Waals surface area contributed by atoms with Crippen LogP contribution in [0.1, 0.15) is 41.3 Å². The Morgan fingerprint density at radius 2 is 1.61 bits per heavy atom. The van der Waals surface area contributed by atoms with Gasteiger partial charge in [-0.1, -0.05) is 36.4 Å². The first-order valence-electron chi connectivity index (χ1n) is 9.41. The van der Waals surface area contributed by atoms with Crippen molar-refractivity contribution >= 4 is 11.9 Å². The van der Waals surface area contributed by atoms with Gasteiger partial charge in [0.15, 0.2) is 11.5 Å². The number of nitrogens with zero attached hydrogens (tertiary/aromatic N) is 1. The second kappa shape index (κ2) is 9.26. The number of benzene rings is 2. The van der Waals surface area contributed by atoms with Crippen molar-refractivity contribution in [2.24, 2.45) is 0 Å². The number of piperidine rings is 1. The van der Waals surface area contributed by atoms with Crippen LogP contribution in [0.3, 0.4) is 0 Å². The molecule has 0 bridgehead atoms. The van der Waals surface area contributed by atoms with E-state index in [2.05, 4.69) is 0 Å². The fourth-order valence-electron chi connectivity index (χ4n) is 3.39. The number of carbonyl (C=O) groups is 2. The van der Waals surface area contributed by atoms with Gasteiger partial charge in [-0.2, -0.15) is 0 Å². The van der Waals surface area contributed by atoms with Crippen molar-refractivity contribution in [3.8, 4) is 11.5 Å². The second-order valence-electron chi connectivity index (χ2n) is 6.62. The minimum atomic E-state index is -0.997. The molecule has 1 amide bonds. The van der Waals surface area contributed by atoms with Crippen molar-refractivity contribution in [3.05, 3.63) is 59.7 Å². The molecule has 0 spiro atoms. The molecular formula is C22H25NO5. The second-order valence-corrected chi connectivity index (χ2v) is 6.62. The minimum absolute atomic E-state index is 0.193. The first-order chi connectivity index (χ1) is 13.7. The summed E-state index contributed by atoms with van der Waals surface area (Å²) in [7, 11) is 2.96. The van der Waals surface area contributed by atoms with E-state index in [9.17, 15) is 9.59 Å². The number of esters is 1. The van der Waals surface area contributed by atoms with Gasteiger partial charge in [-0.3, -0.25) is 4.79 Å². The molecule has 6 nitrogen and oxygen atoms in total. The highest BCUT2D eigenvalue weighted by atomic mass is 16.6. The summed E-state index contributed by atoms with van der Waals surface area (Å²) in [4.78, 5) is 27.8. The molecule has 1 fully saturated rings. The Kier molecular flexibility index (Phi) is 6.53. The Balaban J connectivity index is 1.89. The maximum Gasteiger partial charge on any atom is 0.343 e. The molecule has 2 aromatic carbocycles. The van der Waals surface area contributed by atoms with Gasteiger partial charge < -0.3 is 19.1 Å². The summed E-state index contributed by atoms with van der Waals surface area (Å²) in [6.07, 6.45) is 2.04. The van der Waals surface area contributed by atoms with Gasteiger partial charge in [0, 0.05) is 18.7 Å². The maximum atomic E-state index is 13.1. The van der Waals surface area contributed by atoms with E-state index >= 15 is 0 Å². The van der Waals surface area contributed by atoms with E-state index in [0.717, 1.165) is 19.3 Å². The SMILES string of the molecule is COc1cccc(C(=O)O[C@@H](C(=O)N2CCCCC2)c2ccccc2)c1OC. The summed E-state index contributed by atoms with van der Waals surface area (Å²) < 4.78 is 16.3. The van der Waals surface area contributed by atoms with Crippen molar-refractivity contribution in [3.63, 3.8) is 0 Å². The quantitative estimate of drug-likeness (QED) is 0.713. The number of hydrogen-bond donors (Lipinski definition) is 0. The average Bonchev–Trinajstić information content (AvgIpc) is 2.77. The molecule has 1 heterocycles. The van der Waals surface area contributed by atoms with E-state index in [4.69, 9.17) is 14.2 Å². The lowest BCUT2D eigenvalue weighted by atomic mass is 10.1. The molecular weight excluding hydrogens is 358 g/mol. The molecule has 1 aliphatic rings. The molecule has 0 aromatic heterocycles. The molecule has 148 valence electrons. The number of carbonyl (C=O) groups excluding carboxylic acids is 2. The van der Waals surface area contributed by atoms with Crippen LogP contribution in [0.2, 0.25) is 0 Å². The van der Waals surface area contributed by atoms with Crippen molar-refractivity contribution < 1.29 is 23.8 Å². The van der Waals surface area contributed by atoms with Crippen molar-refractivity contribution in [2.45, 2.75) is 25.4 Å². The van der Waals surface area contributed by atoms with Gasteiger partial charge in [0.05, 0.1) is 14.2 Å². The Bertz CT molecular complexity index is 815. The number of likely N-dealkylation sites (tertiary alicyclic amines) is 1. The van der Waals surface area contributed by atoms with Gasteiger partial charge in [0.25, 0.3) is 5.91 Å². The zero-order chi connectivity index (χ0) is 19.9. The molecule has 3 rings (SSSR count). The molecule has 0 aliphatic carbocycles. The molecule has 0 saturated carbocycles. The molecule has 2 aromatic rings. The van der Waals surface area contributed by atoms with Gasteiger partial charge >= 0.3 is 5.97 Å². The average molecular weight is 383 g/mol. The summed E-state index contributed by atoms with van der Waals surface area (Å²) in [5.41, 5.74) is 0.863. The Morgan fingerprint density at radius 3 is 2.25 bits per heavy atom. The van der Waals surface area contributed by atoms with Crippen LogP contribution in [0.4, 0.5) is 0 Å². The highest BCUT2D eigenvalue weighted by molar-refractivity contribution is 5.96. The van der Waals surface area contributed by atoms with Crippen molar-refractivity contribution in [1.29, 1.82) is 0 Å². The van der Waals surface area contributed by atoms with E-state index in [0.29, 0.717) is 24.4 Å². The smallest absolute Gasteiger partial charge is 0.343 e. The first-order valence-corrected chi connectivity index (χ1v) is 9.41. The van der Waals surface area contributed by atoms with Gasteiger partial charge in [-0.05, 0) is 31.4 Å². The predicted molar refractivity (Wildman–Crippen MR) is 105 cm³/mol. The number of amides is 1. The van der Waals surface area contributed by atoms with Gasteiger partial charge in [-0.15, -0.1) is 0 Å². The highest BCUT2D eigenvalue weighted by Gasteiger charge is 2.31. The van der Waals surface area contributed by atoms with Crippen LogP contribution in [0, 0.1) is 0 Å². The molecule has 1 saturated heterocycles. The normalized spacial score (nSPS) is 14.9. The molecule has 1 aliphatic heterocycles. The summed E-state index contributed by atoms with van der Waals surface area (Å²) in [5.74, 6) is -0.112. The lowest BCUT2D eigenvalue weighted by molar-refractivity contribution is -0.142. The fourth-order valence-corrected chi connectivity index (χ4v) is 3.39. The van der Waals surface area contributed by atoms with Crippen LogP contribution in [-0.4, -0.2) is 44.1 Å². The Hall–Kier alpha value is -3.02. The Labute approximate surface area is 165 Å². The number of rotatable bonds is 6. The molecule has 6 heteroatoms. The van der Waals surface area contributed by atoms with Crippen LogP contribution in [0.5, 0.6) is 11.5 Å². The van der Waals surface area contributed by atoms with E-state index in [1.165, 1.54) is 14.2 Å². The van der Waals surface area contributed by atoms with Gasteiger partial charge in [0.2, 0.25) is 6.10 Å². The third-order valence-electron chi connectivity index (χ3n) is 4.84. The van der Waals surface area contributed by atoms with E-state index in [1.807, 2.05) is 18.2 Å². The molecule has 0 radical (unpaired) electrons. The summed E-state index contributed by atoms with van der Waals surface area (Å²) >= 11 is 0. The van der Waals surface area contributed by atoms with Crippen LogP contribution in [0.15, 0.2) is 48.5 Å². The predicted octanol–water partition coefficient (Wildman–Crippen LogP) is 3.61. The number of para-hydroxylation sites is 1. The first kappa shape index (κ1) is 19.7. The number of methoxy groups -OCH3 is 2. The Morgan fingerprint density at radius 1 is 0.893 bits per heavy atom. The van der Waals surface area contributed by atoms with Gasteiger partial charge in [-0.25, -0.2) is 4.79 Å². The largest absolute Gasteiger partial charge is 0.493 e. The molecule has 0 unspecified atom stereocenters. The summed E-state index contributed by atoms with van der Waals surface area (Å²) in [6.45, 7) is 1.37. The van der Waals surface area contributed by atoms with E-state index < -0.39 is 12.1 Å². The van der Waals surface area contributed by atoms with E-state index in [1.54, 1.807) is 35.2 Å². The standard InChI is InChI=1S/C22H25NO5/c1-26-18-13-9-12-17(20(18)27-2)22(25)28-19(16-10-5-3-6-11-16)21(24)23-14-7-4-8-15-23/h3,5-6,9-13,19H,4,7-8,14-15H2,1-2H3/t19-/m1/s1.